The van der Waals surface area contributed by atoms with E-state index >= 15 is 0 Å². The van der Waals surface area contributed by atoms with Gasteiger partial charge in [0.2, 0.25) is 0 Å². The molecule has 0 saturated carbocycles. The molecule has 1 amide bonds. The quantitative estimate of drug-likeness (QED) is 0.170. The van der Waals surface area contributed by atoms with Crippen LogP contribution in [-0.4, -0.2) is 95.5 Å². The number of hydrogen-bond donors (Lipinski definition) is 4. The van der Waals surface area contributed by atoms with E-state index in [1.807, 2.05) is 35.2 Å². The van der Waals surface area contributed by atoms with Gasteiger partial charge in [-0.25, -0.2) is 0 Å². The highest BCUT2D eigenvalue weighted by molar-refractivity contribution is 7.16. The first kappa shape index (κ1) is 33.4. The lowest BCUT2D eigenvalue weighted by atomic mass is 9.89. The van der Waals surface area contributed by atoms with E-state index in [-0.39, 0.29) is 28.7 Å². The minimum atomic E-state index is -0.732. The van der Waals surface area contributed by atoms with Gasteiger partial charge in [0, 0.05) is 38.3 Å². The van der Waals surface area contributed by atoms with Crippen molar-refractivity contribution in [3.8, 4) is 11.5 Å². The number of rotatable bonds is 16. The average molecular weight is 641 g/mol. The minimum absolute atomic E-state index is 0.0233. The van der Waals surface area contributed by atoms with Gasteiger partial charge >= 0.3 is 4.87 Å². The van der Waals surface area contributed by atoms with Crippen LogP contribution in [0.3, 0.4) is 0 Å². The monoisotopic (exact) mass is 640 g/mol. The molecule has 2 aromatic carbocycles. The summed E-state index contributed by atoms with van der Waals surface area (Å²) in [5.41, 5.74) is 0.841. The molecule has 1 atom stereocenters. The molecule has 2 fully saturated rings. The number of aromatic nitrogens is 1. The van der Waals surface area contributed by atoms with Crippen LogP contribution >= 0.6 is 11.3 Å². The van der Waals surface area contributed by atoms with Crippen molar-refractivity contribution in [2.75, 3.05) is 59.0 Å². The Morgan fingerprint density at radius 3 is 2.53 bits per heavy atom. The molecule has 0 radical (unpaired) electrons. The molecule has 45 heavy (non-hydrogen) atoms. The third-order valence-electron chi connectivity index (χ3n) is 9.09. The normalized spacial score (nSPS) is 17.6. The number of phenols is 1. The number of amides is 1. The number of para-hydroxylation sites is 1. The Morgan fingerprint density at radius 1 is 1.02 bits per heavy atom. The molecule has 3 aromatic rings. The van der Waals surface area contributed by atoms with Crippen molar-refractivity contribution in [1.29, 1.82) is 0 Å². The Morgan fingerprint density at radius 2 is 1.76 bits per heavy atom. The average Bonchev–Trinajstić information content (AvgIpc) is 3.46. The summed E-state index contributed by atoms with van der Waals surface area (Å²) in [6.45, 7) is 6.38. The number of aliphatic hydroxyl groups is 1. The molecule has 1 spiro atoms. The molecule has 4 N–H and O–H groups in total. The van der Waals surface area contributed by atoms with Gasteiger partial charge < -0.3 is 39.8 Å². The van der Waals surface area contributed by atoms with Crippen molar-refractivity contribution in [1.82, 2.24) is 20.1 Å². The maximum absolute atomic E-state index is 12.8. The molecule has 246 valence electrons. The number of hydrogen-bond acceptors (Lipinski definition) is 9. The number of likely N-dealkylation sites (tertiary alicyclic amines) is 1. The first-order valence-electron chi connectivity index (χ1n) is 16.5. The smallest absolute Gasteiger partial charge is 0.305 e. The number of carbonyl (C=O) groups is 1. The van der Waals surface area contributed by atoms with Gasteiger partial charge in [0.15, 0.2) is 6.61 Å². The lowest BCUT2D eigenvalue weighted by Crippen LogP contribution is -2.58. The molecular weight excluding hydrogens is 592 g/mol. The second-order valence-electron chi connectivity index (χ2n) is 12.4. The molecule has 2 aliphatic heterocycles. The number of carbonyl (C=O) groups excluding carboxylic acids is 1. The van der Waals surface area contributed by atoms with E-state index in [4.69, 9.17) is 9.47 Å². The third-order valence-corrected chi connectivity index (χ3v) is 10.0. The minimum Gasteiger partial charge on any atom is -0.506 e. The molecule has 11 heteroatoms. The molecule has 1 aromatic heterocycles. The standard InChI is InChI=1S/C34H48N4O6S/c39-28-14-13-27(32-31(28)36-33(42)45-32)29(40)23-35-17-9-4-2-1-3-5-10-18-37-19-15-34(16-20-37)25-38(21-22-44-34)30(41)24-43-26-11-7-6-8-12-26/h6-8,11-14,29,35,39-40H,1-5,9-10,15-25H2,(H,36,42)/t29-/m0/s1. The summed E-state index contributed by atoms with van der Waals surface area (Å²) in [6.07, 6.45) is 9.62. The molecule has 0 unspecified atom stereocenters. The zero-order valence-electron chi connectivity index (χ0n) is 26.2. The predicted molar refractivity (Wildman–Crippen MR) is 177 cm³/mol. The number of H-pyrrole nitrogens is 1. The maximum atomic E-state index is 12.8. The number of morpholine rings is 1. The van der Waals surface area contributed by atoms with Crippen molar-refractivity contribution in [2.45, 2.75) is 69.5 Å². The number of unbranched alkanes of at least 4 members (excludes halogenated alkanes) is 6. The molecule has 10 nitrogen and oxygen atoms in total. The van der Waals surface area contributed by atoms with E-state index in [0.717, 1.165) is 68.9 Å². The van der Waals surface area contributed by atoms with E-state index in [1.165, 1.54) is 38.2 Å². The van der Waals surface area contributed by atoms with Gasteiger partial charge in [0.25, 0.3) is 5.91 Å². The highest BCUT2D eigenvalue weighted by atomic mass is 32.1. The number of aliphatic hydroxyl groups excluding tert-OH is 1. The zero-order chi connectivity index (χ0) is 31.5. The van der Waals surface area contributed by atoms with E-state index in [1.54, 1.807) is 6.07 Å². The van der Waals surface area contributed by atoms with E-state index in [2.05, 4.69) is 15.2 Å². The van der Waals surface area contributed by atoms with Gasteiger partial charge in [-0.05, 0) is 57.0 Å². The fraction of sp³-hybridized carbons (Fsp3) is 0.588. The lowest BCUT2D eigenvalue weighted by Gasteiger charge is -2.47. The van der Waals surface area contributed by atoms with Crippen LogP contribution in [0.25, 0.3) is 10.2 Å². The fourth-order valence-electron chi connectivity index (χ4n) is 6.42. The second-order valence-corrected chi connectivity index (χ2v) is 13.4. The number of thiazole rings is 1. The number of benzene rings is 2. The van der Waals surface area contributed by atoms with Gasteiger partial charge in [-0.15, -0.1) is 0 Å². The van der Waals surface area contributed by atoms with Gasteiger partial charge in [0.1, 0.15) is 17.0 Å². The summed E-state index contributed by atoms with van der Waals surface area (Å²) >= 11 is 1.01. The number of piperidine rings is 1. The zero-order valence-corrected chi connectivity index (χ0v) is 27.0. The van der Waals surface area contributed by atoms with Crippen molar-refractivity contribution < 1.29 is 24.5 Å². The van der Waals surface area contributed by atoms with Crippen LogP contribution in [0.2, 0.25) is 0 Å². The van der Waals surface area contributed by atoms with Crippen LogP contribution in [0.1, 0.15) is 69.5 Å². The van der Waals surface area contributed by atoms with Gasteiger partial charge in [-0.2, -0.15) is 0 Å². The highest BCUT2D eigenvalue weighted by Crippen LogP contribution is 2.32. The van der Waals surface area contributed by atoms with Crippen LogP contribution in [-0.2, 0) is 9.53 Å². The predicted octanol–water partition coefficient (Wildman–Crippen LogP) is 4.42. The third kappa shape index (κ3) is 9.52. The number of aromatic amines is 1. The lowest BCUT2D eigenvalue weighted by molar-refractivity contribution is -0.161. The van der Waals surface area contributed by atoms with Crippen molar-refractivity contribution in [3.05, 3.63) is 57.7 Å². The molecule has 0 bridgehead atoms. The molecule has 2 saturated heterocycles. The van der Waals surface area contributed by atoms with E-state index in [0.29, 0.717) is 42.0 Å². The molecule has 5 rings (SSSR count). The molecular formula is C34H48N4O6S. The van der Waals surface area contributed by atoms with Gasteiger partial charge in [-0.3, -0.25) is 9.59 Å². The number of aromatic hydroxyl groups is 1. The number of ether oxygens (including phenoxy) is 2. The Hall–Kier alpha value is -2.96. The Balaban J connectivity index is 0.872. The fourth-order valence-corrected chi connectivity index (χ4v) is 7.34. The molecule has 2 aliphatic rings. The number of fused-ring (bicyclic) bond motifs is 1. The number of phenolic OH excluding ortho intramolecular Hbond substituents is 1. The van der Waals surface area contributed by atoms with Crippen LogP contribution in [0.4, 0.5) is 0 Å². The SMILES string of the molecule is O=C(COc1ccccc1)N1CCOC2(CCN(CCCCCCCCCNC[C@H](O)c3ccc(O)c4[nH]c(=O)sc34)CC2)C1. The summed E-state index contributed by atoms with van der Waals surface area (Å²) < 4.78 is 12.6. The van der Waals surface area contributed by atoms with Crippen LogP contribution < -0.4 is 14.9 Å². The van der Waals surface area contributed by atoms with Crippen LogP contribution in [0.5, 0.6) is 11.5 Å². The number of nitrogens with zero attached hydrogens (tertiary/aromatic N) is 2. The highest BCUT2D eigenvalue weighted by Gasteiger charge is 2.40. The van der Waals surface area contributed by atoms with E-state index < -0.39 is 6.10 Å². The first-order valence-corrected chi connectivity index (χ1v) is 17.3. The van der Waals surface area contributed by atoms with Gasteiger partial charge in [-0.1, -0.05) is 67.7 Å². The van der Waals surface area contributed by atoms with Crippen molar-refractivity contribution in [2.24, 2.45) is 0 Å². The second kappa shape index (κ2) is 16.6. The Labute approximate surface area is 269 Å². The largest absolute Gasteiger partial charge is 0.506 e. The Kier molecular flexibility index (Phi) is 12.3. The van der Waals surface area contributed by atoms with Crippen LogP contribution in [0, 0.1) is 0 Å². The summed E-state index contributed by atoms with van der Waals surface area (Å²) in [5.74, 6) is 0.774. The van der Waals surface area contributed by atoms with Crippen molar-refractivity contribution in [3.63, 3.8) is 0 Å². The summed E-state index contributed by atoms with van der Waals surface area (Å²) in [4.78, 5) is 31.4. The van der Waals surface area contributed by atoms with Crippen LogP contribution in [0.15, 0.2) is 47.3 Å². The topological polar surface area (TPSA) is 127 Å². The first-order chi connectivity index (χ1) is 21.9. The Bertz CT molecular complexity index is 1400. The summed E-state index contributed by atoms with van der Waals surface area (Å²) in [7, 11) is 0. The molecule has 3 heterocycles. The molecule has 0 aliphatic carbocycles. The number of nitrogens with one attached hydrogen (secondary N) is 2. The van der Waals surface area contributed by atoms with E-state index in [9.17, 15) is 19.8 Å². The summed E-state index contributed by atoms with van der Waals surface area (Å²) in [5, 5.41) is 23.9. The van der Waals surface area contributed by atoms with Crippen molar-refractivity contribution >= 4 is 27.5 Å². The summed E-state index contributed by atoms with van der Waals surface area (Å²) in [6, 6.07) is 12.7. The maximum Gasteiger partial charge on any atom is 0.305 e. The van der Waals surface area contributed by atoms with Gasteiger partial charge in [0.05, 0.1) is 23.0 Å².